The number of benzene rings is 1. The zero-order valence-corrected chi connectivity index (χ0v) is 16.5. The molecule has 6 nitrogen and oxygen atoms in total. The quantitative estimate of drug-likeness (QED) is 0.549. The lowest BCUT2D eigenvalue weighted by Gasteiger charge is -2.29. The summed E-state index contributed by atoms with van der Waals surface area (Å²) >= 11 is 0. The van der Waals surface area contributed by atoms with Crippen LogP contribution < -0.4 is 5.32 Å². The maximum Gasteiger partial charge on any atom is 0.230 e. The third-order valence-corrected chi connectivity index (χ3v) is 6.07. The van der Waals surface area contributed by atoms with Gasteiger partial charge in [-0.15, -0.1) is 0 Å². The van der Waals surface area contributed by atoms with Gasteiger partial charge < -0.3 is 19.7 Å². The van der Waals surface area contributed by atoms with E-state index in [9.17, 15) is 9.59 Å². The first kappa shape index (κ1) is 19.2. The molecule has 1 N–H and O–H groups in total. The third-order valence-electron chi connectivity index (χ3n) is 6.07. The van der Waals surface area contributed by atoms with Crippen molar-refractivity contribution in [2.45, 2.75) is 38.0 Å². The molecule has 0 saturated carbocycles. The number of fused-ring (bicyclic) bond motifs is 1. The molecular weight excluding hydrogens is 356 g/mol. The van der Waals surface area contributed by atoms with E-state index in [0.717, 1.165) is 12.0 Å². The number of hydrogen-bond donors (Lipinski definition) is 1. The van der Waals surface area contributed by atoms with Crippen LogP contribution >= 0.6 is 0 Å². The smallest absolute Gasteiger partial charge is 0.230 e. The maximum atomic E-state index is 13.3. The Hall–Kier alpha value is -2.18. The number of ether oxygens (including phenoxy) is 2. The minimum Gasteiger partial charge on any atom is -0.382 e. The molecule has 1 aromatic rings. The molecule has 1 aromatic carbocycles. The van der Waals surface area contributed by atoms with Gasteiger partial charge in [-0.2, -0.15) is 0 Å². The fourth-order valence-corrected chi connectivity index (χ4v) is 4.83. The molecule has 3 aliphatic heterocycles. The SMILES string of the molecule is CCOCCCNC(=O)C1C2C(=O)N(Cc3ccccc3)CC23C=CC1(C)O3. The first-order valence-electron chi connectivity index (χ1n) is 10.1. The Kier molecular flexibility index (Phi) is 5.02. The molecule has 4 atom stereocenters. The number of likely N-dealkylation sites (tertiary alicyclic amines) is 1. The molecule has 28 heavy (non-hydrogen) atoms. The Morgan fingerprint density at radius 3 is 2.86 bits per heavy atom. The summed E-state index contributed by atoms with van der Waals surface area (Å²) in [5.41, 5.74) is -0.328. The van der Waals surface area contributed by atoms with E-state index in [1.807, 2.05) is 61.2 Å². The number of hydrogen-bond acceptors (Lipinski definition) is 4. The van der Waals surface area contributed by atoms with Crippen LogP contribution in [0.25, 0.3) is 0 Å². The van der Waals surface area contributed by atoms with Crippen molar-refractivity contribution >= 4 is 11.8 Å². The summed E-state index contributed by atoms with van der Waals surface area (Å²) in [6.45, 7) is 6.72. The molecule has 2 fully saturated rings. The number of carbonyl (C=O) groups excluding carboxylic acids is 2. The van der Waals surface area contributed by atoms with Crippen LogP contribution in [-0.2, 0) is 25.6 Å². The minimum atomic E-state index is -0.719. The lowest BCUT2D eigenvalue weighted by Crippen LogP contribution is -2.48. The Morgan fingerprint density at radius 1 is 1.32 bits per heavy atom. The van der Waals surface area contributed by atoms with Gasteiger partial charge in [-0.3, -0.25) is 9.59 Å². The van der Waals surface area contributed by atoms with Gasteiger partial charge in [-0.1, -0.05) is 42.5 Å². The summed E-state index contributed by atoms with van der Waals surface area (Å²) in [6, 6.07) is 9.92. The van der Waals surface area contributed by atoms with E-state index in [2.05, 4.69) is 5.32 Å². The molecule has 4 rings (SSSR count). The first-order chi connectivity index (χ1) is 13.5. The zero-order valence-electron chi connectivity index (χ0n) is 16.5. The Labute approximate surface area is 165 Å². The van der Waals surface area contributed by atoms with E-state index in [-0.39, 0.29) is 11.8 Å². The highest BCUT2D eigenvalue weighted by molar-refractivity contribution is 5.93. The van der Waals surface area contributed by atoms with Crippen LogP contribution in [0.15, 0.2) is 42.5 Å². The van der Waals surface area contributed by atoms with Gasteiger partial charge in [0.05, 0.1) is 24.0 Å². The van der Waals surface area contributed by atoms with Crippen molar-refractivity contribution in [2.75, 3.05) is 26.3 Å². The summed E-state index contributed by atoms with van der Waals surface area (Å²) in [6.07, 6.45) is 4.72. The molecule has 150 valence electrons. The van der Waals surface area contributed by atoms with E-state index in [1.54, 1.807) is 0 Å². The largest absolute Gasteiger partial charge is 0.382 e. The number of amides is 2. The molecule has 1 spiro atoms. The second kappa shape index (κ2) is 7.33. The average Bonchev–Trinajstić information content (AvgIpc) is 3.24. The van der Waals surface area contributed by atoms with Gasteiger partial charge in [0.25, 0.3) is 0 Å². The third kappa shape index (κ3) is 3.14. The molecule has 6 heteroatoms. The van der Waals surface area contributed by atoms with Crippen LogP contribution in [0.2, 0.25) is 0 Å². The van der Waals surface area contributed by atoms with Gasteiger partial charge in [0, 0.05) is 26.3 Å². The van der Waals surface area contributed by atoms with E-state index in [0.29, 0.717) is 32.8 Å². The minimum absolute atomic E-state index is 0.00592. The number of carbonyl (C=O) groups is 2. The highest BCUT2D eigenvalue weighted by Crippen LogP contribution is 2.57. The van der Waals surface area contributed by atoms with Crippen molar-refractivity contribution in [3.05, 3.63) is 48.0 Å². The Bertz CT molecular complexity index is 780. The molecule has 2 saturated heterocycles. The lowest BCUT2D eigenvalue weighted by atomic mass is 9.72. The fraction of sp³-hybridized carbons (Fsp3) is 0.545. The molecule has 2 bridgehead atoms. The van der Waals surface area contributed by atoms with Crippen molar-refractivity contribution in [3.63, 3.8) is 0 Å². The fourth-order valence-electron chi connectivity index (χ4n) is 4.83. The first-order valence-corrected chi connectivity index (χ1v) is 10.1. The highest BCUT2D eigenvalue weighted by atomic mass is 16.5. The van der Waals surface area contributed by atoms with Gasteiger partial charge in [0.15, 0.2) is 0 Å². The summed E-state index contributed by atoms with van der Waals surface area (Å²) in [7, 11) is 0. The molecule has 3 aliphatic rings. The number of rotatable bonds is 8. The van der Waals surface area contributed by atoms with Crippen molar-refractivity contribution < 1.29 is 19.1 Å². The number of nitrogens with zero attached hydrogens (tertiary/aromatic N) is 1. The van der Waals surface area contributed by atoms with Crippen molar-refractivity contribution in [2.24, 2.45) is 11.8 Å². The van der Waals surface area contributed by atoms with Gasteiger partial charge >= 0.3 is 0 Å². The Balaban J connectivity index is 1.48. The van der Waals surface area contributed by atoms with E-state index >= 15 is 0 Å². The normalized spacial score (nSPS) is 32.8. The predicted octanol–water partition coefficient (Wildman–Crippen LogP) is 1.90. The topological polar surface area (TPSA) is 67.9 Å². The molecule has 2 amide bonds. The van der Waals surface area contributed by atoms with E-state index in [4.69, 9.17) is 9.47 Å². The Morgan fingerprint density at radius 2 is 2.11 bits per heavy atom. The number of nitrogens with one attached hydrogen (secondary N) is 1. The molecule has 0 aromatic heterocycles. The van der Waals surface area contributed by atoms with Gasteiger partial charge in [-0.25, -0.2) is 0 Å². The monoisotopic (exact) mass is 384 g/mol. The summed E-state index contributed by atoms with van der Waals surface area (Å²) in [4.78, 5) is 28.1. The molecule has 3 heterocycles. The van der Waals surface area contributed by atoms with E-state index in [1.165, 1.54) is 0 Å². The van der Waals surface area contributed by atoms with Crippen molar-refractivity contribution in [1.29, 1.82) is 0 Å². The highest BCUT2D eigenvalue weighted by Gasteiger charge is 2.70. The van der Waals surface area contributed by atoms with Crippen molar-refractivity contribution in [1.82, 2.24) is 10.2 Å². The van der Waals surface area contributed by atoms with Gasteiger partial charge in [0.2, 0.25) is 11.8 Å². The van der Waals surface area contributed by atoms with Gasteiger partial charge in [-0.05, 0) is 25.8 Å². The lowest BCUT2D eigenvalue weighted by molar-refractivity contribution is -0.139. The standard InChI is InChI=1S/C22H28N2O4/c1-3-27-13-7-12-23-19(25)17-18-20(26)24(14-16-8-5-4-6-9-16)15-22(18)11-10-21(17,2)28-22/h4-6,8-11,17-18H,3,7,12-15H2,1-2H3,(H,23,25). The molecule has 0 aliphatic carbocycles. The average molecular weight is 384 g/mol. The van der Waals surface area contributed by atoms with Crippen LogP contribution in [0.1, 0.15) is 25.8 Å². The van der Waals surface area contributed by atoms with Crippen molar-refractivity contribution in [3.8, 4) is 0 Å². The van der Waals surface area contributed by atoms with Crippen LogP contribution in [0.3, 0.4) is 0 Å². The maximum absolute atomic E-state index is 13.3. The van der Waals surface area contributed by atoms with Crippen LogP contribution in [0, 0.1) is 11.8 Å². The zero-order chi connectivity index (χ0) is 19.8. The summed E-state index contributed by atoms with van der Waals surface area (Å²) in [5, 5.41) is 2.98. The van der Waals surface area contributed by atoms with Crippen LogP contribution in [-0.4, -0.2) is 54.2 Å². The summed E-state index contributed by atoms with van der Waals surface area (Å²) in [5.74, 6) is -1.06. The predicted molar refractivity (Wildman–Crippen MR) is 104 cm³/mol. The van der Waals surface area contributed by atoms with Gasteiger partial charge in [0.1, 0.15) is 5.60 Å². The summed E-state index contributed by atoms with van der Waals surface area (Å²) < 4.78 is 11.6. The molecule has 4 unspecified atom stereocenters. The second-order valence-electron chi connectivity index (χ2n) is 8.05. The van der Waals surface area contributed by atoms with E-state index < -0.39 is 23.0 Å². The van der Waals surface area contributed by atoms with Crippen LogP contribution in [0.4, 0.5) is 0 Å². The molecular formula is C22H28N2O4. The van der Waals surface area contributed by atoms with Crippen LogP contribution in [0.5, 0.6) is 0 Å². The molecule has 0 radical (unpaired) electrons. The second-order valence-corrected chi connectivity index (χ2v) is 8.05.